The molecule has 9 heteroatoms. The molecule has 1 aromatic carbocycles. The van der Waals surface area contributed by atoms with Gasteiger partial charge < -0.3 is 4.90 Å². The molecule has 1 fully saturated rings. The van der Waals surface area contributed by atoms with Gasteiger partial charge >= 0.3 is 0 Å². The number of fused-ring (bicyclic) bond motifs is 1. The molecule has 0 spiro atoms. The van der Waals surface area contributed by atoms with Gasteiger partial charge in [-0.1, -0.05) is 17.4 Å². The van der Waals surface area contributed by atoms with Crippen LogP contribution in [0.3, 0.4) is 0 Å². The number of aromatic nitrogens is 1. The van der Waals surface area contributed by atoms with E-state index in [1.165, 1.54) is 11.3 Å². The van der Waals surface area contributed by atoms with Crippen molar-refractivity contribution in [2.75, 3.05) is 38.6 Å². The number of aryl methyl sites for hydroxylation is 2. The Kier molecular flexibility index (Phi) is 7.14. The predicted octanol–water partition coefficient (Wildman–Crippen LogP) is 2.38. The number of carbonyl (C=O) groups is 3. The average molecular weight is 425 g/mol. The number of benzene rings is 1. The summed E-state index contributed by atoms with van der Waals surface area (Å²) in [4.78, 5) is 46.0. The minimum absolute atomic E-state index is 0. The monoisotopic (exact) mass is 424 g/mol. The van der Waals surface area contributed by atoms with Gasteiger partial charge in [0.15, 0.2) is 5.13 Å². The third-order valence-electron chi connectivity index (χ3n) is 4.56. The molecule has 0 radical (unpaired) electrons. The average Bonchev–Trinajstić information content (AvgIpc) is 3.13. The molecule has 0 atom stereocenters. The first-order valence-electron chi connectivity index (χ1n) is 8.92. The fourth-order valence-electron chi connectivity index (χ4n) is 3.13. The number of thiazole rings is 1. The molecule has 0 saturated carbocycles. The van der Waals surface area contributed by atoms with Crippen LogP contribution in [0.15, 0.2) is 12.1 Å². The molecule has 1 aromatic heterocycles. The number of nitrogens with zero attached hydrogens (tertiary/aromatic N) is 4. The van der Waals surface area contributed by atoms with Gasteiger partial charge in [-0.25, -0.2) is 4.98 Å². The number of amides is 3. The number of likely N-dealkylation sites (tertiary alicyclic amines) is 1. The van der Waals surface area contributed by atoms with Crippen LogP contribution in [0.2, 0.25) is 0 Å². The molecule has 3 amide bonds. The highest BCUT2D eigenvalue weighted by Crippen LogP contribution is 2.32. The van der Waals surface area contributed by atoms with Crippen molar-refractivity contribution in [2.24, 2.45) is 0 Å². The fraction of sp³-hybridized carbons (Fsp3) is 0.474. The van der Waals surface area contributed by atoms with Gasteiger partial charge in [0.05, 0.1) is 10.2 Å². The topological polar surface area (TPSA) is 73.8 Å². The maximum absolute atomic E-state index is 13.0. The second-order valence-electron chi connectivity index (χ2n) is 7.15. The van der Waals surface area contributed by atoms with E-state index in [1.807, 2.05) is 38.9 Å². The summed E-state index contributed by atoms with van der Waals surface area (Å²) >= 11 is 1.47. The zero-order chi connectivity index (χ0) is 19.7. The van der Waals surface area contributed by atoms with Gasteiger partial charge in [0.1, 0.15) is 6.54 Å². The predicted molar refractivity (Wildman–Crippen MR) is 113 cm³/mol. The quantitative estimate of drug-likeness (QED) is 0.665. The normalized spacial score (nSPS) is 14.1. The van der Waals surface area contributed by atoms with Crippen molar-refractivity contribution in [1.82, 2.24) is 14.8 Å². The maximum Gasteiger partial charge on any atom is 0.248 e. The fourth-order valence-corrected chi connectivity index (χ4v) is 4.19. The zero-order valence-corrected chi connectivity index (χ0v) is 18.2. The molecular weight excluding hydrogens is 400 g/mol. The SMILES string of the molecule is Cc1cc(C)c2sc(N(CCN(C)C)C(=O)CN3C(=O)CCC3=O)nc2c1.Cl. The highest BCUT2D eigenvalue weighted by Gasteiger charge is 2.32. The van der Waals surface area contributed by atoms with Crippen molar-refractivity contribution in [3.8, 4) is 0 Å². The molecule has 0 unspecified atom stereocenters. The molecule has 0 aliphatic carbocycles. The van der Waals surface area contributed by atoms with Crippen LogP contribution >= 0.6 is 23.7 Å². The van der Waals surface area contributed by atoms with Gasteiger partial charge in [0, 0.05) is 25.9 Å². The van der Waals surface area contributed by atoms with Crippen molar-refractivity contribution in [3.63, 3.8) is 0 Å². The highest BCUT2D eigenvalue weighted by atomic mass is 35.5. The van der Waals surface area contributed by atoms with Crippen molar-refractivity contribution >= 4 is 56.8 Å². The summed E-state index contributed by atoms with van der Waals surface area (Å²) < 4.78 is 1.05. The van der Waals surface area contributed by atoms with Crippen LogP contribution in [-0.4, -0.2) is 66.2 Å². The Balaban J connectivity index is 0.00000280. The Morgan fingerprint density at radius 2 is 1.79 bits per heavy atom. The van der Waals surface area contributed by atoms with Crippen LogP contribution in [-0.2, 0) is 14.4 Å². The first kappa shape index (κ1) is 22.3. The van der Waals surface area contributed by atoms with E-state index < -0.39 is 0 Å². The zero-order valence-electron chi connectivity index (χ0n) is 16.5. The van der Waals surface area contributed by atoms with Crippen LogP contribution in [0.1, 0.15) is 24.0 Å². The number of anilines is 1. The van der Waals surface area contributed by atoms with Crippen molar-refractivity contribution in [1.29, 1.82) is 0 Å². The molecule has 2 aromatic rings. The van der Waals surface area contributed by atoms with E-state index in [1.54, 1.807) is 4.90 Å². The minimum Gasteiger partial charge on any atom is -0.308 e. The smallest absolute Gasteiger partial charge is 0.248 e. The van der Waals surface area contributed by atoms with E-state index in [-0.39, 0.29) is 49.5 Å². The molecule has 0 N–H and O–H groups in total. The number of halogens is 1. The lowest BCUT2D eigenvalue weighted by Crippen LogP contribution is -2.44. The summed E-state index contributed by atoms with van der Waals surface area (Å²) in [6.45, 7) is 4.93. The summed E-state index contributed by atoms with van der Waals surface area (Å²) in [5.41, 5.74) is 3.11. The first-order valence-corrected chi connectivity index (χ1v) is 9.74. The lowest BCUT2D eigenvalue weighted by Gasteiger charge is -2.24. The van der Waals surface area contributed by atoms with Gasteiger partial charge in [-0.05, 0) is 45.1 Å². The number of imide groups is 1. The van der Waals surface area contributed by atoms with E-state index in [4.69, 9.17) is 0 Å². The van der Waals surface area contributed by atoms with Gasteiger partial charge in [-0.2, -0.15) is 0 Å². The number of carbonyl (C=O) groups excluding carboxylic acids is 3. The summed E-state index contributed by atoms with van der Waals surface area (Å²) in [5.74, 6) is -0.845. The summed E-state index contributed by atoms with van der Waals surface area (Å²) in [6.07, 6.45) is 0.368. The van der Waals surface area contributed by atoms with E-state index in [0.29, 0.717) is 18.2 Å². The van der Waals surface area contributed by atoms with Gasteiger partial charge in [0.25, 0.3) is 0 Å². The summed E-state index contributed by atoms with van der Waals surface area (Å²) in [7, 11) is 3.87. The van der Waals surface area contributed by atoms with Crippen LogP contribution in [0.5, 0.6) is 0 Å². The molecule has 3 rings (SSSR count). The maximum atomic E-state index is 13.0. The summed E-state index contributed by atoms with van der Waals surface area (Å²) in [6, 6.07) is 4.10. The van der Waals surface area contributed by atoms with Crippen molar-refractivity contribution < 1.29 is 14.4 Å². The minimum atomic E-state index is -0.283. The highest BCUT2D eigenvalue weighted by molar-refractivity contribution is 7.22. The molecule has 28 heavy (non-hydrogen) atoms. The molecule has 1 aliphatic rings. The van der Waals surface area contributed by atoms with Gasteiger partial charge in [-0.15, -0.1) is 12.4 Å². The Bertz CT molecular complexity index is 896. The van der Waals surface area contributed by atoms with Gasteiger partial charge in [0.2, 0.25) is 17.7 Å². The van der Waals surface area contributed by atoms with Gasteiger partial charge in [-0.3, -0.25) is 24.2 Å². The van der Waals surface area contributed by atoms with E-state index in [0.717, 1.165) is 26.2 Å². The Hall–Kier alpha value is -2.03. The third-order valence-corrected chi connectivity index (χ3v) is 5.79. The van der Waals surface area contributed by atoms with Crippen molar-refractivity contribution in [3.05, 3.63) is 23.3 Å². The molecule has 2 heterocycles. The third kappa shape index (κ3) is 4.68. The molecule has 1 saturated heterocycles. The molecule has 7 nitrogen and oxygen atoms in total. The second-order valence-corrected chi connectivity index (χ2v) is 8.13. The van der Waals surface area contributed by atoms with E-state index >= 15 is 0 Å². The lowest BCUT2D eigenvalue weighted by molar-refractivity contribution is -0.141. The second kappa shape index (κ2) is 8.98. The molecule has 1 aliphatic heterocycles. The molecule has 152 valence electrons. The molecular formula is C19H25ClN4O3S. The van der Waals surface area contributed by atoms with E-state index in [9.17, 15) is 14.4 Å². The number of likely N-dealkylation sites (N-methyl/N-ethyl adjacent to an activating group) is 1. The summed E-state index contributed by atoms with van der Waals surface area (Å²) in [5, 5.41) is 0.602. The first-order chi connectivity index (χ1) is 12.8. The number of hydrogen-bond acceptors (Lipinski definition) is 6. The van der Waals surface area contributed by atoms with Crippen molar-refractivity contribution in [2.45, 2.75) is 26.7 Å². The molecule has 0 bridgehead atoms. The van der Waals surface area contributed by atoms with Crippen LogP contribution < -0.4 is 4.90 Å². The lowest BCUT2D eigenvalue weighted by atomic mass is 10.1. The Labute approximate surface area is 174 Å². The number of rotatable bonds is 6. The van der Waals surface area contributed by atoms with Crippen LogP contribution in [0.25, 0.3) is 10.2 Å². The number of hydrogen-bond donors (Lipinski definition) is 0. The Morgan fingerprint density at radius 1 is 1.14 bits per heavy atom. The van der Waals surface area contributed by atoms with Crippen LogP contribution in [0.4, 0.5) is 5.13 Å². The van der Waals surface area contributed by atoms with Crippen LogP contribution in [0, 0.1) is 13.8 Å². The Morgan fingerprint density at radius 3 is 2.39 bits per heavy atom. The van der Waals surface area contributed by atoms with E-state index in [2.05, 4.69) is 11.1 Å². The largest absolute Gasteiger partial charge is 0.308 e. The standard InChI is InChI=1S/C19H24N4O3S.ClH/c1-12-9-13(2)18-14(10-12)20-19(27-18)22(8-7-21(3)4)17(26)11-23-15(24)5-6-16(23)25;/h9-10H,5-8,11H2,1-4H3;1H.